The molecular weight excluding hydrogens is 200 g/mol. The minimum atomic E-state index is 0.178. The van der Waals surface area contributed by atoms with Crippen LogP contribution in [0.2, 0.25) is 0 Å². The Labute approximate surface area is 99.2 Å². The first-order chi connectivity index (χ1) is 7.67. The van der Waals surface area contributed by atoms with Crippen LogP contribution in [-0.4, -0.2) is 18.5 Å². The van der Waals surface area contributed by atoms with E-state index in [0.29, 0.717) is 6.54 Å². The van der Waals surface area contributed by atoms with Gasteiger partial charge in [0.2, 0.25) is 5.91 Å². The highest BCUT2D eigenvalue weighted by molar-refractivity contribution is 5.79. The summed E-state index contributed by atoms with van der Waals surface area (Å²) in [4.78, 5) is 12.0. The number of hydrogen-bond acceptors (Lipinski definition) is 2. The summed E-state index contributed by atoms with van der Waals surface area (Å²) >= 11 is 0. The smallest absolute Gasteiger partial charge is 0.223 e. The van der Waals surface area contributed by atoms with Gasteiger partial charge >= 0.3 is 0 Å². The molecule has 0 aromatic carbocycles. The molecule has 0 heterocycles. The first-order valence-electron chi connectivity index (χ1n) is 6.67. The van der Waals surface area contributed by atoms with Crippen molar-refractivity contribution in [2.75, 3.05) is 6.54 Å². The van der Waals surface area contributed by atoms with Gasteiger partial charge in [-0.25, -0.2) is 0 Å². The van der Waals surface area contributed by atoms with Gasteiger partial charge in [-0.2, -0.15) is 0 Å². The Morgan fingerprint density at radius 1 is 1.38 bits per heavy atom. The average molecular weight is 226 g/mol. The summed E-state index contributed by atoms with van der Waals surface area (Å²) < 4.78 is 0. The Balaban J connectivity index is 2.33. The van der Waals surface area contributed by atoms with E-state index in [1.807, 2.05) is 0 Å². The molecule has 1 aliphatic carbocycles. The van der Waals surface area contributed by atoms with Crippen LogP contribution in [0.5, 0.6) is 0 Å². The molecule has 0 bridgehead atoms. The molecule has 16 heavy (non-hydrogen) atoms. The molecule has 1 unspecified atom stereocenters. The lowest BCUT2D eigenvalue weighted by molar-refractivity contribution is -0.126. The van der Waals surface area contributed by atoms with Crippen molar-refractivity contribution in [2.24, 2.45) is 17.6 Å². The van der Waals surface area contributed by atoms with Gasteiger partial charge in [-0.3, -0.25) is 4.79 Å². The Morgan fingerprint density at radius 2 is 2.00 bits per heavy atom. The van der Waals surface area contributed by atoms with Crippen molar-refractivity contribution in [1.82, 2.24) is 5.32 Å². The molecule has 1 saturated carbocycles. The Kier molecular flexibility index (Phi) is 5.81. The van der Waals surface area contributed by atoms with E-state index in [2.05, 4.69) is 19.2 Å². The third-order valence-corrected chi connectivity index (χ3v) is 3.65. The summed E-state index contributed by atoms with van der Waals surface area (Å²) in [5.74, 6) is 1.27. The maximum Gasteiger partial charge on any atom is 0.223 e. The summed E-state index contributed by atoms with van der Waals surface area (Å²) in [5.41, 5.74) is 5.64. The van der Waals surface area contributed by atoms with Crippen molar-refractivity contribution in [1.29, 1.82) is 0 Å². The Morgan fingerprint density at radius 3 is 2.50 bits per heavy atom. The van der Waals surface area contributed by atoms with Gasteiger partial charge in [0, 0.05) is 18.5 Å². The molecule has 1 amide bonds. The quantitative estimate of drug-likeness (QED) is 0.754. The molecule has 1 rings (SSSR count). The zero-order valence-electron chi connectivity index (χ0n) is 10.7. The highest BCUT2D eigenvalue weighted by Gasteiger charge is 2.25. The largest absolute Gasteiger partial charge is 0.352 e. The third kappa shape index (κ3) is 4.12. The predicted molar refractivity (Wildman–Crippen MR) is 67.0 cm³/mol. The predicted octanol–water partition coefficient (Wildman–Crippen LogP) is 2.06. The van der Waals surface area contributed by atoms with Crippen LogP contribution >= 0.6 is 0 Å². The van der Waals surface area contributed by atoms with Gasteiger partial charge in [0.05, 0.1) is 0 Å². The van der Waals surface area contributed by atoms with Gasteiger partial charge in [-0.15, -0.1) is 0 Å². The molecule has 0 spiro atoms. The van der Waals surface area contributed by atoms with Crippen LogP contribution in [0.4, 0.5) is 0 Å². The van der Waals surface area contributed by atoms with E-state index in [1.54, 1.807) is 0 Å². The van der Waals surface area contributed by atoms with Crippen LogP contribution in [0, 0.1) is 11.8 Å². The van der Waals surface area contributed by atoms with E-state index >= 15 is 0 Å². The van der Waals surface area contributed by atoms with Gasteiger partial charge in [-0.05, 0) is 38.0 Å². The van der Waals surface area contributed by atoms with E-state index in [0.717, 1.165) is 31.6 Å². The summed E-state index contributed by atoms with van der Waals surface area (Å²) in [6, 6.07) is 0.178. The first kappa shape index (κ1) is 13.5. The minimum Gasteiger partial charge on any atom is -0.352 e. The second-order valence-corrected chi connectivity index (χ2v) is 5.19. The number of hydrogen-bond donors (Lipinski definition) is 2. The summed E-state index contributed by atoms with van der Waals surface area (Å²) in [6.45, 7) is 4.95. The number of nitrogens with two attached hydrogens (primary N) is 1. The van der Waals surface area contributed by atoms with Gasteiger partial charge in [0.1, 0.15) is 0 Å². The minimum absolute atomic E-state index is 0.178. The molecule has 1 atom stereocenters. The van der Waals surface area contributed by atoms with Crippen molar-refractivity contribution in [3.05, 3.63) is 0 Å². The van der Waals surface area contributed by atoms with Crippen LogP contribution in [0.1, 0.15) is 52.4 Å². The zero-order valence-corrected chi connectivity index (χ0v) is 10.7. The molecule has 3 N–H and O–H groups in total. The first-order valence-corrected chi connectivity index (χ1v) is 6.67. The van der Waals surface area contributed by atoms with E-state index in [-0.39, 0.29) is 17.9 Å². The SMILES string of the molecule is CCCC(CN)NC(=O)C1CCC(C)CC1. The van der Waals surface area contributed by atoms with E-state index in [1.165, 1.54) is 12.8 Å². The normalized spacial score (nSPS) is 27.4. The van der Waals surface area contributed by atoms with Gasteiger partial charge < -0.3 is 11.1 Å². The summed E-state index contributed by atoms with van der Waals surface area (Å²) in [5, 5.41) is 3.09. The fourth-order valence-electron chi connectivity index (χ4n) is 2.44. The molecule has 0 radical (unpaired) electrons. The molecule has 0 aromatic heterocycles. The average Bonchev–Trinajstić information content (AvgIpc) is 2.29. The fraction of sp³-hybridized carbons (Fsp3) is 0.923. The number of amides is 1. The zero-order chi connectivity index (χ0) is 12.0. The molecule has 0 aromatic rings. The molecule has 94 valence electrons. The van der Waals surface area contributed by atoms with Crippen LogP contribution in [0.25, 0.3) is 0 Å². The Bertz CT molecular complexity index is 210. The number of rotatable bonds is 5. The van der Waals surface area contributed by atoms with E-state index in [4.69, 9.17) is 5.73 Å². The summed E-state index contributed by atoms with van der Waals surface area (Å²) in [6.07, 6.45) is 6.56. The standard InChI is InChI=1S/C13H26N2O/c1-3-4-12(9-14)15-13(16)11-7-5-10(2)6-8-11/h10-12H,3-9,14H2,1-2H3,(H,15,16). The van der Waals surface area contributed by atoms with Crippen molar-refractivity contribution >= 4 is 5.91 Å². The Hall–Kier alpha value is -0.570. The van der Waals surface area contributed by atoms with Crippen molar-refractivity contribution < 1.29 is 4.79 Å². The van der Waals surface area contributed by atoms with Crippen LogP contribution in [0.3, 0.4) is 0 Å². The molecule has 0 saturated heterocycles. The highest BCUT2D eigenvalue weighted by Crippen LogP contribution is 2.28. The van der Waals surface area contributed by atoms with Crippen LogP contribution < -0.4 is 11.1 Å². The van der Waals surface area contributed by atoms with Crippen LogP contribution in [-0.2, 0) is 4.79 Å². The lowest BCUT2D eigenvalue weighted by Crippen LogP contribution is -2.43. The van der Waals surface area contributed by atoms with Gasteiger partial charge in [0.15, 0.2) is 0 Å². The van der Waals surface area contributed by atoms with Crippen molar-refractivity contribution in [3.63, 3.8) is 0 Å². The molecule has 3 nitrogen and oxygen atoms in total. The molecular formula is C13H26N2O. The number of carbonyl (C=O) groups excluding carboxylic acids is 1. The van der Waals surface area contributed by atoms with Gasteiger partial charge in [0.25, 0.3) is 0 Å². The molecule has 0 aliphatic heterocycles. The second-order valence-electron chi connectivity index (χ2n) is 5.19. The maximum absolute atomic E-state index is 12.0. The topological polar surface area (TPSA) is 55.1 Å². The van der Waals surface area contributed by atoms with Crippen molar-refractivity contribution in [2.45, 2.75) is 58.4 Å². The summed E-state index contributed by atoms with van der Waals surface area (Å²) in [7, 11) is 0. The highest BCUT2D eigenvalue weighted by atomic mass is 16.1. The molecule has 1 fully saturated rings. The monoisotopic (exact) mass is 226 g/mol. The van der Waals surface area contributed by atoms with E-state index in [9.17, 15) is 4.79 Å². The lowest BCUT2D eigenvalue weighted by atomic mass is 9.82. The second kappa shape index (κ2) is 6.89. The maximum atomic E-state index is 12.0. The third-order valence-electron chi connectivity index (χ3n) is 3.65. The number of nitrogens with one attached hydrogen (secondary N) is 1. The van der Waals surface area contributed by atoms with Crippen LogP contribution in [0.15, 0.2) is 0 Å². The van der Waals surface area contributed by atoms with Crippen molar-refractivity contribution in [3.8, 4) is 0 Å². The van der Waals surface area contributed by atoms with Gasteiger partial charge in [-0.1, -0.05) is 20.3 Å². The van der Waals surface area contributed by atoms with E-state index < -0.39 is 0 Å². The lowest BCUT2D eigenvalue weighted by Gasteiger charge is -2.27. The molecule has 3 heteroatoms. The fourth-order valence-corrected chi connectivity index (χ4v) is 2.44. The number of carbonyl (C=O) groups is 1. The molecule has 1 aliphatic rings.